The van der Waals surface area contributed by atoms with Gasteiger partial charge in [0.15, 0.2) is 5.69 Å². The summed E-state index contributed by atoms with van der Waals surface area (Å²) in [6, 6.07) is 3.25. The normalized spacial score (nSPS) is 13.9. The van der Waals surface area contributed by atoms with Crippen LogP contribution in [-0.2, 0) is 0 Å². The molecule has 0 aliphatic carbocycles. The zero-order chi connectivity index (χ0) is 12.9. The third kappa shape index (κ3) is 3.39. The lowest BCUT2D eigenvalue weighted by Gasteiger charge is -2.27. The lowest BCUT2D eigenvalue weighted by atomic mass is 10.0. The average molecular weight is 238 g/mol. The Labute approximate surface area is 100 Å². The van der Waals surface area contributed by atoms with Gasteiger partial charge in [-0.25, -0.2) is 0 Å². The summed E-state index contributed by atoms with van der Waals surface area (Å²) < 4.78 is 0. The monoisotopic (exact) mass is 238 g/mol. The molecule has 6 nitrogen and oxygen atoms in total. The van der Waals surface area contributed by atoms with Gasteiger partial charge in [-0.3, -0.25) is 4.79 Å². The Morgan fingerprint density at radius 2 is 2.18 bits per heavy atom. The van der Waals surface area contributed by atoms with Gasteiger partial charge in [-0.05, 0) is 25.5 Å². The van der Waals surface area contributed by atoms with Crippen molar-refractivity contribution in [3.05, 3.63) is 17.8 Å². The number of carbonyl (C=O) groups excluding carboxylic acids is 1. The standard InChI is InChI=1S/C11H18N4O2/c1-4-11(2,7-16)13-9-6-5-8(14-15-9)10(17)12-3/h5-6,16H,4,7H2,1-3H3,(H,12,17)(H,13,15). The fraction of sp³-hybridized carbons (Fsp3) is 0.545. The Hall–Kier alpha value is -1.69. The largest absolute Gasteiger partial charge is 0.394 e. The summed E-state index contributed by atoms with van der Waals surface area (Å²) in [4.78, 5) is 11.2. The van der Waals surface area contributed by atoms with Crippen LogP contribution < -0.4 is 10.6 Å². The van der Waals surface area contributed by atoms with Crippen LogP contribution in [0.25, 0.3) is 0 Å². The molecule has 1 rings (SSSR count). The quantitative estimate of drug-likeness (QED) is 0.691. The van der Waals surface area contributed by atoms with Crippen molar-refractivity contribution < 1.29 is 9.90 Å². The van der Waals surface area contributed by atoms with Gasteiger partial charge in [0, 0.05) is 7.05 Å². The van der Waals surface area contributed by atoms with E-state index in [2.05, 4.69) is 20.8 Å². The molecule has 94 valence electrons. The topological polar surface area (TPSA) is 87.1 Å². The first-order valence-electron chi connectivity index (χ1n) is 5.49. The van der Waals surface area contributed by atoms with E-state index in [1.807, 2.05) is 13.8 Å². The van der Waals surface area contributed by atoms with Crippen LogP contribution in [0.3, 0.4) is 0 Å². The summed E-state index contributed by atoms with van der Waals surface area (Å²) in [5, 5.41) is 22.5. The molecule has 0 radical (unpaired) electrons. The van der Waals surface area contributed by atoms with Gasteiger partial charge in [-0.1, -0.05) is 6.92 Å². The molecular formula is C11H18N4O2. The first-order chi connectivity index (χ1) is 8.04. The SMILES string of the molecule is CCC(C)(CO)Nc1ccc(C(=O)NC)nn1. The molecule has 0 bridgehead atoms. The molecule has 1 aromatic heterocycles. The summed E-state index contributed by atoms with van der Waals surface area (Å²) in [6.45, 7) is 3.86. The lowest BCUT2D eigenvalue weighted by molar-refractivity contribution is 0.0957. The third-order valence-corrected chi connectivity index (χ3v) is 2.68. The van der Waals surface area contributed by atoms with Gasteiger partial charge in [-0.15, -0.1) is 10.2 Å². The van der Waals surface area contributed by atoms with Crippen molar-refractivity contribution in [2.75, 3.05) is 19.0 Å². The van der Waals surface area contributed by atoms with Crippen LogP contribution in [0, 0.1) is 0 Å². The van der Waals surface area contributed by atoms with E-state index in [4.69, 9.17) is 0 Å². The Bertz CT molecular complexity index is 374. The number of amides is 1. The average Bonchev–Trinajstić information content (AvgIpc) is 2.38. The molecule has 0 spiro atoms. The minimum absolute atomic E-state index is 0.00236. The maximum Gasteiger partial charge on any atom is 0.271 e. The molecule has 6 heteroatoms. The number of anilines is 1. The highest BCUT2D eigenvalue weighted by molar-refractivity contribution is 5.91. The lowest BCUT2D eigenvalue weighted by Crippen LogP contribution is -2.38. The zero-order valence-corrected chi connectivity index (χ0v) is 10.3. The maximum absolute atomic E-state index is 11.2. The van der Waals surface area contributed by atoms with Gasteiger partial charge in [-0.2, -0.15) is 0 Å². The summed E-state index contributed by atoms with van der Waals surface area (Å²) in [7, 11) is 1.54. The molecule has 17 heavy (non-hydrogen) atoms. The molecule has 1 atom stereocenters. The van der Waals surface area contributed by atoms with Crippen LogP contribution in [0.1, 0.15) is 30.8 Å². The summed E-state index contributed by atoms with van der Waals surface area (Å²) in [6.07, 6.45) is 0.752. The smallest absolute Gasteiger partial charge is 0.271 e. The number of rotatable bonds is 5. The number of aliphatic hydroxyl groups is 1. The van der Waals surface area contributed by atoms with Crippen molar-refractivity contribution in [2.45, 2.75) is 25.8 Å². The Morgan fingerprint density at radius 3 is 2.59 bits per heavy atom. The van der Waals surface area contributed by atoms with E-state index in [1.165, 1.54) is 7.05 Å². The van der Waals surface area contributed by atoms with Gasteiger partial charge >= 0.3 is 0 Å². The predicted octanol–water partition coefficient (Wildman–Crippen LogP) is 0.409. The summed E-state index contributed by atoms with van der Waals surface area (Å²) in [5.74, 6) is 0.264. The van der Waals surface area contributed by atoms with Crippen molar-refractivity contribution in [1.29, 1.82) is 0 Å². The van der Waals surface area contributed by atoms with Crippen LogP contribution in [-0.4, -0.2) is 40.4 Å². The van der Waals surface area contributed by atoms with Gasteiger partial charge in [0.1, 0.15) is 5.82 Å². The number of nitrogens with zero attached hydrogens (tertiary/aromatic N) is 2. The molecule has 0 aliphatic heterocycles. The van der Waals surface area contributed by atoms with Crippen LogP contribution in [0.5, 0.6) is 0 Å². The van der Waals surface area contributed by atoms with Crippen molar-refractivity contribution in [1.82, 2.24) is 15.5 Å². The van der Waals surface area contributed by atoms with Crippen LogP contribution in [0.15, 0.2) is 12.1 Å². The van der Waals surface area contributed by atoms with E-state index in [9.17, 15) is 9.90 Å². The molecule has 0 aliphatic rings. The molecule has 0 aromatic carbocycles. The second-order valence-corrected chi connectivity index (χ2v) is 4.08. The zero-order valence-electron chi connectivity index (χ0n) is 10.3. The van der Waals surface area contributed by atoms with E-state index in [0.29, 0.717) is 5.82 Å². The second-order valence-electron chi connectivity index (χ2n) is 4.08. The highest BCUT2D eigenvalue weighted by atomic mass is 16.3. The number of hydrogen-bond acceptors (Lipinski definition) is 5. The number of aromatic nitrogens is 2. The molecule has 3 N–H and O–H groups in total. The first kappa shape index (κ1) is 13.4. The fourth-order valence-electron chi connectivity index (χ4n) is 1.20. The minimum Gasteiger partial charge on any atom is -0.394 e. The Morgan fingerprint density at radius 1 is 1.47 bits per heavy atom. The summed E-state index contributed by atoms with van der Waals surface area (Å²) in [5.41, 5.74) is -0.163. The molecule has 0 saturated carbocycles. The number of carbonyl (C=O) groups is 1. The van der Waals surface area contributed by atoms with E-state index in [1.54, 1.807) is 12.1 Å². The van der Waals surface area contributed by atoms with Crippen LogP contribution in [0.2, 0.25) is 0 Å². The van der Waals surface area contributed by atoms with Gasteiger partial charge in [0.25, 0.3) is 5.91 Å². The van der Waals surface area contributed by atoms with E-state index < -0.39 is 5.54 Å². The minimum atomic E-state index is -0.427. The Balaban J connectivity index is 2.78. The Kier molecular flexibility index (Phi) is 4.39. The molecular weight excluding hydrogens is 220 g/mol. The molecule has 1 unspecified atom stereocenters. The van der Waals surface area contributed by atoms with Gasteiger partial charge in [0.2, 0.25) is 0 Å². The number of nitrogens with one attached hydrogen (secondary N) is 2. The predicted molar refractivity (Wildman–Crippen MR) is 64.8 cm³/mol. The van der Waals surface area contributed by atoms with Crippen LogP contribution >= 0.6 is 0 Å². The molecule has 1 heterocycles. The molecule has 1 aromatic rings. The van der Waals surface area contributed by atoms with E-state index in [-0.39, 0.29) is 18.2 Å². The van der Waals surface area contributed by atoms with Crippen molar-refractivity contribution in [3.8, 4) is 0 Å². The third-order valence-electron chi connectivity index (χ3n) is 2.68. The first-order valence-corrected chi connectivity index (χ1v) is 5.49. The van der Waals surface area contributed by atoms with Crippen molar-refractivity contribution in [2.24, 2.45) is 0 Å². The molecule has 0 fully saturated rings. The van der Waals surface area contributed by atoms with Crippen LogP contribution in [0.4, 0.5) is 5.82 Å². The highest BCUT2D eigenvalue weighted by Gasteiger charge is 2.21. The van der Waals surface area contributed by atoms with E-state index in [0.717, 1.165) is 6.42 Å². The van der Waals surface area contributed by atoms with Crippen molar-refractivity contribution >= 4 is 11.7 Å². The summed E-state index contributed by atoms with van der Waals surface area (Å²) >= 11 is 0. The second kappa shape index (κ2) is 5.58. The van der Waals surface area contributed by atoms with E-state index >= 15 is 0 Å². The molecule has 1 amide bonds. The number of aliphatic hydroxyl groups excluding tert-OH is 1. The molecule has 0 saturated heterocycles. The van der Waals surface area contributed by atoms with Gasteiger partial charge in [0.05, 0.1) is 12.1 Å². The highest BCUT2D eigenvalue weighted by Crippen LogP contribution is 2.15. The van der Waals surface area contributed by atoms with Gasteiger partial charge < -0.3 is 15.7 Å². The van der Waals surface area contributed by atoms with Crippen molar-refractivity contribution in [3.63, 3.8) is 0 Å². The maximum atomic E-state index is 11.2. The fourth-order valence-corrected chi connectivity index (χ4v) is 1.20. The number of hydrogen-bond donors (Lipinski definition) is 3.